The Morgan fingerprint density at radius 1 is 1.24 bits per heavy atom. The van der Waals surface area contributed by atoms with Crippen molar-refractivity contribution in [3.05, 3.63) is 23.3 Å². The second kappa shape index (κ2) is 4.44. The molecule has 0 amide bonds. The fourth-order valence-corrected chi connectivity index (χ4v) is 1.71. The summed E-state index contributed by atoms with van der Waals surface area (Å²) in [7, 11) is 1.69. The lowest BCUT2D eigenvalue weighted by molar-refractivity contribution is -0.138. The first-order chi connectivity index (χ1) is 8.02. The average molecular weight is 247 g/mol. The van der Waals surface area contributed by atoms with Gasteiger partial charge < -0.3 is 14.8 Å². The second-order valence-electron chi connectivity index (χ2n) is 3.71. The highest BCUT2D eigenvalue weighted by Gasteiger charge is 2.35. The van der Waals surface area contributed by atoms with E-state index < -0.39 is 11.7 Å². The van der Waals surface area contributed by atoms with Gasteiger partial charge in [-0.25, -0.2) is 0 Å². The summed E-state index contributed by atoms with van der Waals surface area (Å²) in [6.45, 7) is 0.449. The van der Waals surface area contributed by atoms with E-state index in [-0.39, 0.29) is 18.1 Å². The Morgan fingerprint density at radius 2 is 1.88 bits per heavy atom. The number of fused-ring (bicyclic) bond motifs is 1. The highest BCUT2D eigenvalue weighted by molar-refractivity contribution is 5.49. The highest BCUT2D eigenvalue weighted by Crippen LogP contribution is 2.41. The van der Waals surface area contributed by atoms with Crippen molar-refractivity contribution in [2.75, 3.05) is 20.4 Å². The number of nitrogens with one attached hydrogen (secondary N) is 1. The molecular weight excluding hydrogens is 235 g/mol. The van der Waals surface area contributed by atoms with Crippen molar-refractivity contribution in [3.8, 4) is 11.5 Å². The zero-order valence-electron chi connectivity index (χ0n) is 9.23. The Morgan fingerprint density at radius 3 is 2.47 bits per heavy atom. The van der Waals surface area contributed by atoms with Gasteiger partial charge in [-0.1, -0.05) is 0 Å². The molecule has 0 aromatic heterocycles. The van der Waals surface area contributed by atoms with Gasteiger partial charge >= 0.3 is 6.18 Å². The van der Waals surface area contributed by atoms with Crippen LogP contribution >= 0.6 is 0 Å². The number of alkyl halides is 3. The number of benzene rings is 1. The summed E-state index contributed by atoms with van der Waals surface area (Å²) in [4.78, 5) is 0. The molecule has 0 saturated carbocycles. The fourth-order valence-electron chi connectivity index (χ4n) is 1.71. The van der Waals surface area contributed by atoms with Crippen LogP contribution in [0.5, 0.6) is 11.5 Å². The number of rotatable bonds is 3. The lowest BCUT2D eigenvalue weighted by Crippen LogP contribution is -2.15. The molecule has 6 heteroatoms. The van der Waals surface area contributed by atoms with Crippen molar-refractivity contribution in [1.29, 1.82) is 0 Å². The number of hydrogen-bond acceptors (Lipinski definition) is 3. The predicted molar refractivity (Wildman–Crippen MR) is 55.2 cm³/mol. The minimum absolute atomic E-state index is 0.0257. The summed E-state index contributed by atoms with van der Waals surface area (Å²) in [5.41, 5.74) is -0.437. The maximum absolute atomic E-state index is 12.8. The van der Waals surface area contributed by atoms with Crippen LogP contribution in [0.1, 0.15) is 11.1 Å². The van der Waals surface area contributed by atoms with Gasteiger partial charge in [0.2, 0.25) is 6.79 Å². The molecule has 0 bridgehead atoms. The van der Waals surface area contributed by atoms with Gasteiger partial charge in [0.1, 0.15) is 0 Å². The molecule has 1 aliphatic heterocycles. The SMILES string of the molecule is CNCCc1cc2c(cc1C(F)(F)F)OCO2. The van der Waals surface area contributed by atoms with Crippen molar-refractivity contribution in [2.45, 2.75) is 12.6 Å². The molecule has 0 fully saturated rings. The van der Waals surface area contributed by atoms with E-state index in [1.165, 1.54) is 6.07 Å². The van der Waals surface area contributed by atoms with Crippen LogP contribution in [0.25, 0.3) is 0 Å². The third-order valence-corrected chi connectivity index (χ3v) is 2.55. The van der Waals surface area contributed by atoms with Gasteiger partial charge in [-0.05, 0) is 37.7 Å². The minimum atomic E-state index is -4.37. The summed E-state index contributed by atoms with van der Waals surface area (Å²) in [6.07, 6.45) is -4.08. The van der Waals surface area contributed by atoms with Crippen LogP contribution in [0, 0.1) is 0 Å². The predicted octanol–water partition coefficient (Wildman–Crippen LogP) is 2.20. The smallest absolute Gasteiger partial charge is 0.416 e. The monoisotopic (exact) mass is 247 g/mol. The first-order valence-electron chi connectivity index (χ1n) is 5.16. The van der Waals surface area contributed by atoms with Crippen LogP contribution in [0.4, 0.5) is 13.2 Å². The van der Waals surface area contributed by atoms with E-state index in [1.54, 1.807) is 7.05 Å². The van der Waals surface area contributed by atoms with Crippen LogP contribution in [0.15, 0.2) is 12.1 Å². The van der Waals surface area contributed by atoms with Crippen molar-refractivity contribution in [2.24, 2.45) is 0 Å². The summed E-state index contributed by atoms with van der Waals surface area (Å²) >= 11 is 0. The summed E-state index contributed by atoms with van der Waals surface area (Å²) in [6, 6.07) is 2.41. The normalized spacial score (nSPS) is 14.1. The van der Waals surface area contributed by atoms with E-state index in [1.807, 2.05) is 0 Å². The number of hydrogen-bond donors (Lipinski definition) is 1. The Bertz CT molecular complexity index is 418. The van der Waals surface area contributed by atoms with Crippen LogP contribution < -0.4 is 14.8 Å². The molecule has 1 N–H and O–H groups in total. The zero-order valence-corrected chi connectivity index (χ0v) is 9.23. The number of likely N-dealkylation sites (N-methyl/N-ethyl adjacent to an activating group) is 1. The van der Waals surface area contributed by atoms with E-state index in [0.717, 1.165) is 6.07 Å². The van der Waals surface area contributed by atoms with Gasteiger partial charge in [0.25, 0.3) is 0 Å². The topological polar surface area (TPSA) is 30.5 Å². The van der Waals surface area contributed by atoms with Crippen molar-refractivity contribution >= 4 is 0 Å². The van der Waals surface area contributed by atoms with Crippen LogP contribution in [0.3, 0.4) is 0 Å². The van der Waals surface area contributed by atoms with E-state index in [0.29, 0.717) is 18.7 Å². The molecule has 1 aromatic rings. The average Bonchev–Trinajstić information content (AvgIpc) is 2.70. The number of halogens is 3. The molecule has 0 unspecified atom stereocenters. The van der Waals surface area contributed by atoms with Gasteiger partial charge in [-0.15, -0.1) is 0 Å². The van der Waals surface area contributed by atoms with Crippen LogP contribution in [-0.2, 0) is 12.6 Å². The molecule has 1 heterocycles. The minimum Gasteiger partial charge on any atom is -0.454 e. The van der Waals surface area contributed by atoms with Crippen molar-refractivity contribution < 1.29 is 22.6 Å². The van der Waals surface area contributed by atoms with Gasteiger partial charge in [-0.2, -0.15) is 13.2 Å². The molecule has 0 spiro atoms. The molecule has 0 radical (unpaired) electrons. The van der Waals surface area contributed by atoms with Crippen LogP contribution in [-0.4, -0.2) is 20.4 Å². The summed E-state index contributed by atoms with van der Waals surface area (Å²) < 4.78 is 48.5. The molecule has 0 saturated heterocycles. The quantitative estimate of drug-likeness (QED) is 0.888. The maximum Gasteiger partial charge on any atom is 0.416 e. The Hall–Kier alpha value is -1.43. The van der Waals surface area contributed by atoms with E-state index in [9.17, 15) is 13.2 Å². The molecule has 3 nitrogen and oxygen atoms in total. The molecule has 1 aromatic carbocycles. The standard InChI is InChI=1S/C11H12F3NO2/c1-15-3-2-7-4-9-10(17-6-16-9)5-8(7)11(12,13)14/h4-5,15H,2-3,6H2,1H3. The maximum atomic E-state index is 12.8. The first-order valence-corrected chi connectivity index (χ1v) is 5.16. The first kappa shape index (κ1) is 12.0. The molecule has 17 heavy (non-hydrogen) atoms. The van der Waals surface area contributed by atoms with Crippen molar-refractivity contribution in [1.82, 2.24) is 5.32 Å². The lowest BCUT2D eigenvalue weighted by atomic mass is 10.0. The van der Waals surface area contributed by atoms with Gasteiger partial charge in [0.05, 0.1) is 5.56 Å². The second-order valence-corrected chi connectivity index (χ2v) is 3.71. The van der Waals surface area contributed by atoms with Gasteiger partial charge in [0, 0.05) is 0 Å². The molecule has 0 atom stereocenters. The summed E-state index contributed by atoms with van der Waals surface area (Å²) in [5, 5.41) is 2.82. The highest BCUT2D eigenvalue weighted by atomic mass is 19.4. The number of ether oxygens (including phenoxy) is 2. The Kier molecular flexibility index (Phi) is 3.15. The van der Waals surface area contributed by atoms with Gasteiger partial charge in [-0.3, -0.25) is 0 Å². The molecule has 2 rings (SSSR count). The Labute approximate surface area is 96.5 Å². The fraction of sp³-hybridized carbons (Fsp3) is 0.455. The lowest BCUT2D eigenvalue weighted by Gasteiger charge is -2.13. The van der Waals surface area contributed by atoms with Gasteiger partial charge in [0.15, 0.2) is 11.5 Å². The third-order valence-electron chi connectivity index (χ3n) is 2.55. The van der Waals surface area contributed by atoms with E-state index >= 15 is 0 Å². The molecule has 94 valence electrons. The summed E-state index contributed by atoms with van der Waals surface area (Å²) in [5.74, 6) is 0.537. The Balaban J connectivity index is 2.40. The van der Waals surface area contributed by atoms with Crippen LogP contribution in [0.2, 0.25) is 0 Å². The van der Waals surface area contributed by atoms with Crippen molar-refractivity contribution in [3.63, 3.8) is 0 Å². The van der Waals surface area contributed by atoms with E-state index in [2.05, 4.69) is 5.32 Å². The molecule has 1 aliphatic rings. The molecular formula is C11H12F3NO2. The van der Waals surface area contributed by atoms with E-state index in [4.69, 9.17) is 9.47 Å². The zero-order chi connectivity index (χ0) is 12.5. The molecule has 0 aliphatic carbocycles. The third kappa shape index (κ3) is 2.46. The largest absolute Gasteiger partial charge is 0.454 e.